The summed E-state index contributed by atoms with van der Waals surface area (Å²) in [7, 11) is 1.14. The molecule has 1 N–H and O–H groups in total. The molecule has 0 aliphatic heterocycles. The predicted octanol–water partition coefficient (Wildman–Crippen LogP) is 2.30. The maximum absolute atomic E-state index is 12.2. The van der Waals surface area contributed by atoms with Gasteiger partial charge in [-0.25, -0.2) is 4.98 Å². The molecule has 0 saturated carbocycles. The number of amides is 1. The first kappa shape index (κ1) is 16.9. The standard InChI is InChI=1S/C12H18F3N3OS/c1-8-6-20-10(17-8)11(2,3)16-5-9(19)18(4)7-12(13,14)15/h6,16H,5,7H2,1-4H3. The number of carbonyl (C=O) groups is 1. The van der Waals surface area contributed by atoms with Crippen LogP contribution in [0.3, 0.4) is 0 Å². The van der Waals surface area contributed by atoms with E-state index >= 15 is 0 Å². The second-order valence-corrected chi connectivity index (χ2v) is 6.00. The Morgan fingerprint density at radius 1 is 1.45 bits per heavy atom. The third-order valence-corrected chi connectivity index (χ3v) is 3.96. The second-order valence-electron chi connectivity index (χ2n) is 5.14. The first-order valence-electron chi connectivity index (χ1n) is 5.99. The first-order chi connectivity index (χ1) is 9.01. The highest BCUT2D eigenvalue weighted by atomic mass is 32.1. The van der Waals surface area contributed by atoms with Gasteiger partial charge in [0.25, 0.3) is 0 Å². The smallest absolute Gasteiger partial charge is 0.336 e. The van der Waals surface area contributed by atoms with Gasteiger partial charge in [0.2, 0.25) is 5.91 Å². The molecule has 1 rings (SSSR count). The molecule has 0 aliphatic carbocycles. The number of halogens is 3. The van der Waals surface area contributed by atoms with Crippen molar-refractivity contribution in [3.63, 3.8) is 0 Å². The van der Waals surface area contributed by atoms with Crippen LogP contribution in [0, 0.1) is 6.92 Å². The predicted molar refractivity (Wildman–Crippen MR) is 71.6 cm³/mol. The molecule has 0 fully saturated rings. The van der Waals surface area contributed by atoms with Gasteiger partial charge >= 0.3 is 6.18 Å². The van der Waals surface area contributed by atoms with Crippen molar-refractivity contribution in [1.29, 1.82) is 0 Å². The fourth-order valence-corrected chi connectivity index (χ4v) is 2.40. The van der Waals surface area contributed by atoms with Crippen LogP contribution in [0.1, 0.15) is 24.5 Å². The molecular weight excluding hydrogens is 291 g/mol. The van der Waals surface area contributed by atoms with E-state index in [1.807, 2.05) is 26.2 Å². The van der Waals surface area contributed by atoms with Gasteiger partial charge in [-0.1, -0.05) is 0 Å². The highest BCUT2D eigenvalue weighted by molar-refractivity contribution is 7.09. The van der Waals surface area contributed by atoms with Crippen LogP contribution in [-0.2, 0) is 10.3 Å². The molecule has 0 bridgehead atoms. The zero-order valence-corrected chi connectivity index (χ0v) is 12.7. The van der Waals surface area contributed by atoms with E-state index in [0.717, 1.165) is 17.7 Å². The van der Waals surface area contributed by atoms with Crippen molar-refractivity contribution < 1.29 is 18.0 Å². The zero-order valence-electron chi connectivity index (χ0n) is 11.8. The molecule has 0 aliphatic rings. The Morgan fingerprint density at radius 3 is 2.50 bits per heavy atom. The molecule has 0 atom stereocenters. The van der Waals surface area contributed by atoms with E-state index in [1.165, 1.54) is 11.3 Å². The lowest BCUT2D eigenvalue weighted by Gasteiger charge is -2.26. The Labute approximate surface area is 120 Å². The number of thiazole rings is 1. The number of hydrogen-bond acceptors (Lipinski definition) is 4. The minimum absolute atomic E-state index is 0.168. The first-order valence-corrected chi connectivity index (χ1v) is 6.87. The van der Waals surface area contributed by atoms with E-state index in [4.69, 9.17) is 0 Å². The Morgan fingerprint density at radius 2 is 2.05 bits per heavy atom. The number of aromatic nitrogens is 1. The molecule has 1 aromatic heterocycles. The molecule has 4 nitrogen and oxygen atoms in total. The molecule has 0 radical (unpaired) electrons. The SMILES string of the molecule is Cc1csc(C(C)(C)NCC(=O)N(C)CC(F)(F)F)n1. The summed E-state index contributed by atoms with van der Waals surface area (Å²) in [5, 5.41) is 5.62. The summed E-state index contributed by atoms with van der Waals surface area (Å²) >= 11 is 1.45. The lowest BCUT2D eigenvalue weighted by atomic mass is 10.1. The molecule has 1 amide bonds. The Bertz CT molecular complexity index is 471. The molecule has 0 spiro atoms. The highest BCUT2D eigenvalue weighted by Gasteiger charge is 2.32. The van der Waals surface area contributed by atoms with Crippen LogP contribution >= 0.6 is 11.3 Å². The summed E-state index contributed by atoms with van der Waals surface area (Å²) in [4.78, 5) is 16.6. The van der Waals surface area contributed by atoms with Crippen LogP contribution in [0.2, 0.25) is 0 Å². The van der Waals surface area contributed by atoms with E-state index in [9.17, 15) is 18.0 Å². The molecular formula is C12H18F3N3OS. The van der Waals surface area contributed by atoms with Gasteiger partial charge in [-0.3, -0.25) is 10.1 Å². The topological polar surface area (TPSA) is 45.2 Å². The average molecular weight is 309 g/mol. The Hall–Kier alpha value is -1.15. The van der Waals surface area contributed by atoms with Gasteiger partial charge in [0.05, 0.1) is 12.1 Å². The third-order valence-electron chi connectivity index (χ3n) is 2.68. The number of aryl methyl sites for hydroxylation is 1. The van der Waals surface area contributed by atoms with Crippen LogP contribution < -0.4 is 5.32 Å². The van der Waals surface area contributed by atoms with E-state index < -0.39 is 24.2 Å². The number of nitrogens with zero attached hydrogens (tertiary/aromatic N) is 2. The number of hydrogen-bond donors (Lipinski definition) is 1. The maximum Gasteiger partial charge on any atom is 0.406 e. The lowest BCUT2D eigenvalue weighted by Crippen LogP contribution is -2.45. The lowest BCUT2D eigenvalue weighted by molar-refractivity contribution is -0.157. The fraction of sp³-hybridized carbons (Fsp3) is 0.667. The van der Waals surface area contributed by atoms with Crippen LogP contribution in [0.15, 0.2) is 5.38 Å². The monoisotopic (exact) mass is 309 g/mol. The number of alkyl halides is 3. The highest BCUT2D eigenvalue weighted by Crippen LogP contribution is 2.23. The van der Waals surface area contributed by atoms with Gasteiger partial charge in [0, 0.05) is 18.1 Å². The average Bonchev–Trinajstić information content (AvgIpc) is 2.71. The molecule has 1 aromatic rings. The summed E-state index contributed by atoms with van der Waals surface area (Å²) in [5.41, 5.74) is 0.314. The minimum Gasteiger partial charge on any atom is -0.336 e. The van der Waals surface area contributed by atoms with Crippen molar-refractivity contribution in [1.82, 2.24) is 15.2 Å². The zero-order chi connectivity index (χ0) is 15.6. The van der Waals surface area contributed by atoms with Gasteiger partial charge < -0.3 is 4.90 Å². The summed E-state index contributed by atoms with van der Waals surface area (Å²) in [6.07, 6.45) is -4.38. The molecule has 8 heteroatoms. The number of nitrogens with one attached hydrogen (secondary N) is 1. The normalized spacial score (nSPS) is 12.6. The van der Waals surface area contributed by atoms with E-state index in [-0.39, 0.29) is 6.54 Å². The van der Waals surface area contributed by atoms with Crippen molar-refractivity contribution in [3.05, 3.63) is 16.1 Å². The van der Waals surface area contributed by atoms with Crippen molar-refractivity contribution >= 4 is 17.2 Å². The van der Waals surface area contributed by atoms with Crippen LogP contribution in [0.4, 0.5) is 13.2 Å². The van der Waals surface area contributed by atoms with Gasteiger partial charge in [-0.2, -0.15) is 13.2 Å². The summed E-state index contributed by atoms with van der Waals surface area (Å²) in [6.45, 7) is 4.12. The summed E-state index contributed by atoms with van der Waals surface area (Å²) in [6, 6.07) is 0. The summed E-state index contributed by atoms with van der Waals surface area (Å²) in [5.74, 6) is -0.608. The van der Waals surface area contributed by atoms with E-state index in [2.05, 4.69) is 10.3 Å². The van der Waals surface area contributed by atoms with Crippen molar-refractivity contribution in [2.24, 2.45) is 0 Å². The quantitative estimate of drug-likeness (QED) is 0.908. The van der Waals surface area contributed by atoms with Gasteiger partial charge in [-0.15, -0.1) is 11.3 Å². The Balaban J connectivity index is 2.56. The largest absolute Gasteiger partial charge is 0.406 e. The fourth-order valence-electron chi connectivity index (χ4n) is 1.51. The molecule has 0 aromatic carbocycles. The molecule has 1 heterocycles. The molecule has 20 heavy (non-hydrogen) atoms. The Kier molecular flexibility index (Phi) is 5.15. The van der Waals surface area contributed by atoms with Crippen LogP contribution in [0.5, 0.6) is 0 Å². The maximum atomic E-state index is 12.2. The van der Waals surface area contributed by atoms with Crippen molar-refractivity contribution in [3.8, 4) is 0 Å². The van der Waals surface area contributed by atoms with Gasteiger partial charge in [-0.05, 0) is 20.8 Å². The van der Waals surface area contributed by atoms with Crippen molar-refractivity contribution in [2.45, 2.75) is 32.5 Å². The summed E-state index contributed by atoms with van der Waals surface area (Å²) < 4.78 is 36.6. The van der Waals surface area contributed by atoms with Crippen LogP contribution in [-0.4, -0.2) is 42.1 Å². The van der Waals surface area contributed by atoms with Crippen LogP contribution in [0.25, 0.3) is 0 Å². The number of likely N-dealkylation sites (N-methyl/N-ethyl adjacent to an activating group) is 1. The second kappa shape index (κ2) is 6.09. The van der Waals surface area contributed by atoms with E-state index in [1.54, 1.807) is 0 Å². The molecule has 114 valence electrons. The van der Waals surface area contributed by atoms with E-state index in [0.29, 0.717) is 4.90 Å². The third kappa shape index (κ3) is 5.09. The molecule has 0 unspecified atom stereocenters. The van der Waals surface area contributed by atoms with Gasteiger partial charge in [0.15, 0.2) is 0 Å². The molecule has 0 saturated heterocycles. The minimum atomic E-state index is -4.38. The van der Waals surface area contributed by atoms with Gasteiger partial charge in [0.1, 0.15) is 11.6 Å². The van der Waals surface area contributed by atoms with Crippen molar-refractivity contribution in [2.75, 3.05) is 20.1 Å². The number of rotatable bonds is 5. The number of carbonyl (C=O) groups excluding carboxylic acids is 1.